The van der Waals surface area contributed by atoms with Gasteiger partial charge in [0, 0.05) is 32.6 Å². The van der Waals surface area contributed by atoms with E-state index in [1.165, 1.54) is 0 Å². The third-order valence-corrected chi connectivity index (χ3v) is 5.10. The SMILES string of the molecule is CNC(=O)[C@@H]1CN(C(=O)c2nn(C)c3ccccc23)C[C@H]1c1n[nH]c(C)n1. The van der Waals surface area contributed by atoms with E-state index in [0.717, 1.165) is 10.9 Å². The number of aromatic nitrogens is 5. The van der Waals surface area contributed by atoms with Crippen molar-refractivity contribution < 1.29 is 9.59 Å². The number of para-hydroxylation sites is 1. The van der Waals surface area contributed by atoms with Crippen LogP contribution < -0.4 is 5.32 Å². The van der Waals surface area contributed by atoms with Crippen LogP contribution in [0.3, 0.4) is 0 Å². The van der Waals surface area contributed by atoms with Crippen molar-refractivity contribution in [1.82, 2.24) is 35.2 Å². The minimum absolute atomic E-state index is 0.122. The summed E-state index contributed by atoms with van der Waals surface area (Å²) >= 11 is 0. The number of likely N-dealkylation sites (tertiary alicyclic amines) is 1. The normalized spacial score (nSPS) is 19.6. The van der Waals surface area contributed by atoms with Crippen LogP contribution >= 0.6 is 0 Å². The molecule has 1 saturated heterocycles. The van der Waals surface area contributed by atoms with Crippen molar-refractivity contribution in [2.45, 2.75) is 12.8 Å². The first kappa shape index (κ1) is 17.2. The van der Waals surface area contributed by atoms with Crippen molar-refractivity contribution in [1.29, 1.82) is 0 Å². The summed E-state index contributed by atoms with van der Waals surface area (Å²) in [5, 5.41) is 14.9. The lowest BCUT2D eigenvalue weighted by molar-refractivity contribution is -0.124. The van der Waals surface area contributed by atoms with E-state index < -0.39 is 5.92 Å². The number of carbonyl (C=O) groups is 2. The van der Waals surface area contributed by atoms with Gasteiger partial charge in [0.1, 0.15) is 5.82 Å². The van der Waals surface area contributed by atoms with Gasteiger partial charge in [0.05, 0.1) is 17.4 Å². The molecule has 0 radical (unpaired) electrons. The molecule has 1 fully saturated rings. The number of fused-ring (bicyclic) bond motifs is 1. The highest BCUT2D eigenvalue weighted by Crippen LogP contribution is 2.32. The maximum absolute atomic E-state index is 13.2. The zero-order chi connectivity index (χ0) is 19.1. The molecule has 2 amide bonds. The number of H-pyrrole nitrogens is 1. The maximum Gasteiger partial charge on any atom is 0.275 e. The number of nitrogens with one attached hydrogen (secondary N) is 2. The Morgan fingerprint density at radius 3 is 2.74 bits per heavy atom. The minimum atomic E-state index is -0.399. The van der Waals surface area contributed by atoms with Crippen LogP contribution in [0.25, 0.3) is 10.9 Å². The standard InChI is InChI=1S/C18H21N7O2/c1-10-20-16(22-21-10)12-8-25(9-13(12)17(26)19-2)18(27)15-11-6-4-5-7-14(11)24(3)23-15/h4-7,12-13H,8-9H2,1-3H3,(H,19,26)(H,20,21,22)/t12-,13-/m1/s1. The molecule has 0 saturated carbocycles. The lowest BCUT2D eigenvalue weighted by atomic mass is 9.94. The van der Waals surface area contributed by atoms with Crippen LogP contribution in [0, 0.1) is 12.8 Å². The van der Waals surface area contributed by atoms with Gasteiger partial charge in [-0.2, -0.15) is 10.2 Å². The summed E-state index contributed by atoms with van der Waals surface area (Å²) in [5.74, 6) is 0.278. The average molecular weight is 367 g/mol. The van der Waals surface area contributed by atoms with Crippen LogP contribution in [0.2, 0.25) is 0 Å². The molecule has 27 heavy (non-hydrogen) atoms. The molecule has 3 heterocycles. The second-order valence-corrected chi connectivity index (χ2v) is 6.81. The smallest absolute Gasteiger partial charge is 0.275 e. The molecule has 1 aliphatic heterocycles. The van der Waals surface area contributed by atoms with Crippen LogP contribution in [0.5, 0.6) is 0 Å². The van der Waals surface area contributed by atoms with Gasteiger partial charge in [0.15, 0.2) is 11.5 Å². The van der Waals surface area contributed by atoms with Crippen molar-refractivity contribution in [3.05, 3.63) is 41.6 Å². The molecule has 0 bridgehead atoms. The highest BCUT2D eigenvalue weighted by molar-refractivity contribution is 6.05. The molecule has 0 unspecified atom stereocenters. The number of aromatic amines is 1. The van der Waals surface area contributed by atoms with Gasteiger partial charge in [0.2, 0.25) is 5.91 Å². The van der Waals surface area contributed by atoms with Gasteiger partial charge in [0.25, 0.3) is 5.91 Å². The highest BCUT2D eigenvalue weighted by atomic mass is 16.2. The van der Waals surface area contributed by atoms with E-state index in [0.29, 0.717) is 30.4 Å². The highest BCUT2D eigenvalue weighted by Gasteiger charge is 2.43. The molecule has 1 aromatic carbocycles. The van der Waals surface area contributed by atoms with Gasteiger partial charge < -0.3 is 10.2 Å². The van der Waals surface area contributed by atoms with Crippen LogP contribution in [-0.2, 0) is 11.8 Å². The van der Waals surface area contributed by atoms with Crippen molar-refractivity contribution >= 4 is 22.7 Å². The van der Waals surface area contributed by atoms with E-state index in [4.69, 9.17) is 0 Å². The lowest BCUT2D eigenvalue weighted by Crippen LogP contribution is -2.34. The molecule has 1 aliphatic rings. The number of benzene rings is 1. The third kappa shape index (κ3) is 2.84. The van der Waals surface area contributed by atoms with Crippen LogP contribution in [-0.4, -0.2) is 61.8 Å². The summed E-state index contributed by atoms with van der Waals surface area (Å²) in [6, 6.07) is 7.61. The zero-order valence-electron chi connectivity index (χ0n) is 15.4. The summed E-state index contributed by atoms with van der Waals surface area (Å²) in [7, 11) is 3.41. The van der Waals surface area contributed by atoms with Crippen LogP contribution in [0.4, 0.5) is 0 Å². The Kier molecular flexibility index (Phi) is 4.14. The summed E-state index contributed by atoms with van der Waals surface area (Å²) in [4.78, 5) is 31.6. The van der Waals surface area contributed by atoms with Crippen molar-refractivity contribution in [2.24, 2.45) is 13.0 Å². The number of amides is 2. The number of hydrogen-bond acceptors (Lipinski definition) is 5. The molecule has 140 valence electrons. The molecule has 3 aromatic rings. The van der Waals surface area contributed by atoms with Gasteiger partial charge in [-0.3, -0.25) is 19.4 Å². The van der Waals surface area contributed by atoms with Gasteiger partial charge in [-0.1, -0.05) is 18.2 Å². The molecule has 2 aromatic heterocycles. The monoisotopic (exact) mass is 367 g/mol. The van der Waals surface area contributed by atoms with E-state index in [1.807, 2.05) is 38.2 Å². The molecule has 9 heteroatoms. The Morgan fingerprint density at radius 1 is 1.26 bits per heavy atom. The Morgan fingerprint density at radius 2 is 2.04 bits per heavy atom. The first-order valence-electron chi connectivity index (χ1n) is 8.81. The molecule has 2 N–H and O–H groups in total. The van der Waals surface area contributed by atoms with Gasteiger partial charge >= 0.3 is 0 Å². The van der Waals surface area contributed by atoms with Gasteiger partial charge in [-0.05, 0) is 13.0 Å². The number of rotatable bonds is 3. The average Bonchev–Trinajstić information content (AvgIpc) is 3.38. The van der Waals surface area contributed by atoms with Crippen LogP contribution in [0.15, 0.2) is 24.3 Å². The number of aryl methyl sites for hydroxylation is 2. The zero-order valence-corrected chi connectivity index (χ0v) is 15.4. The van der Waals surface area contributed by atoms with E-state index in [9.17, 15) is 9.59 Å². The van der Waals surface area contributed by atoms with Crippen molar-refractivity contribution in [3.63, 3.8) is 0 Å². The molecule has 9 nitrogen and oxygen atoms in total. The lowest BCUT2D eigenvalue weighted by Gasteiger charge is -2.14. The van der Waals surface area contributed by atoms with E-state index >= 15 is 0 Å². The first-order valence-corrected chi connectivity index (χ1v) is 8.81. The first-order chi connectivity index (χ1) is 13.0. The van der Waals surface area contributed by atoms with Gasteiger partial charge in [-0.15, -0.1) is 0 Å². The minimum Gasteiger partial charge on any atom is -0.359 e. The third-order valence-electron chi connectivity index (χ3n) is 5.10. The topological polar surface area (TPSA) is 109 Å². The fraction of sp³-hybridized carbons (Fsp3) is 0.389. The molecule has 0 aliphatic carbocycles. The summed E-state index contributed by atoms with van der Waals surface area (Å²) in [6.07, 6.45) is 0. The maximum atomic E-state index is 13.2. The molecule has 2 atom stereocenters. The molecular formula is C18H21N7O2. The number of carbonyl (C=O) groups excluding carboxylic acids is 2. The number of nitrogens with zero attached hydrogens (tertiary/aromatic N) is 5. The predicted octanol–water partition coefficient (Wildman–Crippen LogP) is 0.602. The van der Waals surface area contributed by atoms with Crippen molar-refractivity contribution in [3.8, 4) is 0 Å². The summed E-state index contributed by atoms with van der Waals surface area (Å²) in [5.41, 5.74) is 1.29. The van der Waals surface area contributed by atoms with E-state index in [1.54, 1.807) is 16.6 Å². The Bertz CT molecular complexity index is 1020. The van der Waals surface area contributed by atoms with E-state index in [-0.39, 0.29) is 17.7 Å². The second kappa shape index (κ2) is 6.49. The van der Waals surface area contributed by atoms with E-state index in [2.05, 4.69) is 25.6 Å². The van der Waals surface area contributed by atoms with Gasteiger partial charge in [-0.25, -0.2) is 4.98 Å². The Labute approximate surface area is 155 Å². The fourth-order valence-corrected chi connectivity index (χ4v) is 3.73. The predicted molar refractivity (Wildman–Crippen MR) is 98.0 cm³/mol. The van der Waals surface area contributed by atoms with Crippen molar-refractivity contribution in [2.75, 3.05) is 20.1 Å². The quantitative estimate of drug-likeness (QED) is 0.705. The molecule has 0 spiro atoms. The largest absolute Gasteiger partial charge is 0.359 e. The molecule has 4 rings (SSSR count). The number of hydrogen-bond donors (Lipinski definition) is 2. The Balaban J connectivity index is 1.67. The second-order valence-electron chi connectivity index (χ2n) is 6.81. The van der Waals surface area contributed by atoms with Crippen LogP contribution in [0.1, 0.15) is 28.1 Å². The summed E-state index contributed by atoms with van der Waals surface area (Å²) < 4.78 is 1.70. The Hall–Kier alpha value is -3.23. The summed E-state index contributed by atoms with van der Waals surface area (Å²) in [6.45, 7) is 2.49. The molecular weight excluding hydrogens is 346 g/mol. The fourth-order valence-electron chi connectivity index (χ4n) is 3.73.